The second kappa shape index (κ2) is 6.00. The van der Waals surface area contributed by atoms with Crippen molar-refractivity contribution in [1.82, 2.24) is 9.55 Å². The van der Waals surface area contributed by atoms with E-state index in [1.54, 1.807) is 13.3 Å². The molecule has 0 fully saturated rings. The van der Waals surface area contributed by atoms with Gasteiger partial charge in [-0.15, -0.1) is 0 Å². The molecule has 20 heavy (non-hydrogen) atoms. The number of carboxylic acids is 1. The molecule has 0 bridgehead atoms. The van der Waals surface area contributed by atoms with E-state index < -0.39 is 5.97 Å². The van der Waals surface area contributed by atoms with Crippen molar-refractivity contribution in [3.63, 3.8) is 0 Å². The van der Waals surface area contributed by atoms with Crippen LogP contribution in [-0.4, -0.2) is 33.5 Å². The summed E-state index contributed by atoms with van der Waals surface area (Å²) in [5.74, 6) is -0.0367. The summed E-state index contributed by atoms with van der Waals surface area (Å²) in [5.41, 5.74) is 2.93. The lowest BCUT2D eigenvalue weighted by Gasteiger charge is -2.12. The van der Waals surface area contributed by atoms with Crippen molar-refractivity contribution in [3.05, 3.63) is 35.7 Å². The summed E-state index contributed by atoms with van der Waals surface area (Å²) in [5, 5.41) is 9.46. The molecule has 0 unspecified atom stereocenters. The highest BCUT2D eigenvalue weighted by Gasteiger charge is 2.12. The van der Waals surface area contributed by atoms with Crippen LogP contribution in [-0.2, 0) is 4.79 Å². The van der Waals surface area contributed by atoms with Crippen LogP contribution in [0.25, 0.3) is 5.69 Å². The van der Waals surface area contributed by atoms with Gasteiger partial charge in [0.1, 0.15) is 5.75 Å². The zero-order valence-electron chi connectivity index (χ0n) is 11.6. The first-order valence-corrected chi connectivity index (χ1v) is 7.05. The second-order valence-electron chi connectivity index (χ2n) is 4.35. The summed E-state index contributed by atoms with van der Waals surface area (Å²) in [4.78, 5) is 15.0. The number of rotatable bonds is 5. The van der Waals surface area contributed by atoms with E-state index in [1.165, 1.54) is 11.8 Å². The number of aliphatic carboxylic acids is 1. The Bertz CT molecular complexity index is 637. The number of imidazole rings is 1. The normalized spacial score (nSPS) is 10.6. The van der Waals surface area contributed by atoms with Crippen LogP contribution in [0.15, 0.2) is 29.6 Å². The van der Waals surface area contributed by atoms with Gasteiger partial charge >= 0.3 is 5.97 Å². The van der Waals surface area contributed by atoms with Gasteiger partial charge in [-0.1, -0.05) is 11.8 Å². The zero-order valence-corrected chi connectivity index (χ0v) is 12.4. The fourth-order valence-electron chi connectivity index (χ4n) is 1.96. The molecule has 106 valence electrons. The van der Waals surface area contributed by atoms with Crippen LogP contribution in [0.2, 0.25) is 0 Å². The zero-order chi connectivity index (χ0) is 14.7. The number of ether oxygens (including phenoxy) is 1. The summed E-state index contributed by atoms with van der Waals surface area (Å²) >= 11 is 1.21. The number of benzene rings is 1. The van der Waals surface area contributed by atoms with Crippen LogP contribution in [0.5, 0.6) is 5.75 Å². The van der Waals surface area contributed by atoms with Crippen LogP contribution in [0, 0.1) is 13.8 Å². The number of carbonyl (C=O) groups is 1. The molecule has 6 heteroatoms. The lowest BCUT2D eigenvalue weighted by Crippen LogP contribution is -2.03. The molecule has 0 saturated carbocycles. The van der Waals surface area contributed by atoms with Gasteiger partial charge in [0.15, 0.2) is 5.16 Å². The Balaban J connectivity index is 2.39. The monoisotopic (exact) mass is 292 g/mol. The van der Waals surface area contributed by atoms with E-state index in [-0.39, 0.29) is 5.75 Å². The molecule has 1 aromatic carbocycles. The van der Waals surface area contributed by atoms with Crippen molar-refractivity contribution in [1.29, 1.82) is 0 Å². The van der Waals surface area contributed by atoms with Crippen molar-refractivity contribution in [2.45, 2.75) is 19.0 Å². The number of hydrogen-bond donors (Lipinski definition) is 1. The first-order chi connectivity index (χ1) is 9.52. The average molecular weight is 292 g/mol. The lowest BCUT2D eigenvalue weighted by molar-refractivity contribution is -0.133. The van der Waals surface area contributed by atoms with Crippen molar-refractivity contribution in [2.24, 2.45) is 0 Å². The van der Waals surface area contributed by atoms with Gasteiger partial charge < -0.3 is 9.84 Å². The van der Waals surface area contributed by atoms with Crippen molar-refractivity contribution >= 4 is 17.7 Å². The Morgan fingerprint density at radius 2 is 2.20 bits per heavy atom. The van der Waals surface area contributed by atoms with E-state index in [4.69, 9.17) is 9.84 Å². The summed E-state index contributed by atoms with van der Waals surface area (Å²) < 4.78 is 7.19. The molecule has 1 aromatic heterocycles. The number of thioether (sulfide) groups is 1. The third kappa shape index (κ3) is 2.96. The number of aryl methyl sites for hydroxylation is 2. The molecule has 0 saturated heterocycles. The van der Waals surface area contributed by atoms with Crippen LogP contribution in [0.4, 0.5) is 0 Å². The highest BCUT2D eigenvalue weighted by Crippen LogP contribution is 2.26. The van der Waals surface area contributed by atoms with Crippen LogP contribution in [0.3, 0.4) is 0 Å². The maximum Gasteiger partial charge on any atom is 0.313 e. The summed E-state index contributed by atoms with van der Waals surface area (Å²) in [6, 6.07) is 5.83. The standard InChI is InChI=1S/C14H16N2O3S/c1-9-6-11(4-5-12(9)19-3)16-10(2)7-15-14(16)20-8-13(17)18/h4-7H,8H2,1-3H3,(H,17,18). The summed E-state index contributed by atoms with van der Waals surface area (Å²) in [6.07, 6.45) is 1.74. The molecule has 1 N–H and O–H groups in total. The summed E-state index contributed by atoms with van der Waals surface area (Å²) in [7, 11) is 1.64. The minimum Gasteiger partial charge on any atom is -0.496 e. The second-order valence-corrected chi connectivity index (χ2v) is 5.30. The predicted octanol–water partition coefficient (Wildman–Crippen LogP) is 2.67. The van der Waals surface area contributed by atoms with E-state index >= 15 is 0 Å². The van der Waals surface area contributed by atoms with Crippen LogP contribution in [0.1, 0.15) is 11.3 Å². The Morgan fingerprint density at radius 1 is 1.45 bits per heavy atom. The quantitative estimate of drug-likeness (QED) is 0.858. The van der Waals surface area contributed by atoms with E-state index in [0.29, 0.717) is 5.16 Å². The molecule has 5 nitrogen and oxygen atoms in total. The highest BCUT2D eigenvalue weighted by atomic mass is 32.2. The van der Waals surface area contributed by atoms with Gasteiger partial charge in [-0.05, 0) is 37.6 Å². The van der Waals surface area contributed by atoms with Crippen LogP contribution >= 0.6 is 11.8 Å². The van der Waals surface area contributed by atoms with E-state index in [1.807, 2.05) is 36.6 Å². The van der Waals surface area contributed by atoms with Crippen LogP contribution < -0.4 is 4.74 Å². The topological polar surface area (TPSA) is 64.4 Å². The van der Waals surface area contributed by atoms with Gasteiger partial charge in [-0.25, -0.2) is 4.98 Å². The fraction of sp³-hybridized carbons (Fsp3) is 0.286. The maximum atomic E-state index is 10.7. The maximum absolute atomic E-state index is 10.7. The molecule has 0 radical (unpaired) electrons. The van der Waals surface area contributed by atoms with Gasteiger partial charge in [-0.2, -0.15) is 0 Å². The minimum atomic E-state index is -0.854. The van der Waals surface area contributed by atoms with E-state index in [0.717, 1.165) is 22.7 Å². The predicted molar refractivity (Wildman–Crippen MR) is 77.9 cm³/mol. The molecule has 2 aromatic rings. The number of aromatic nitrogens is 2. The molecule has 0 aliphatic rings. The Kier molecular flexibility index (Phi) is 4.34. The first kappa shape index (κ1) is 14.5. The molecule has 0 amide bonds. The Morgan fingerprint density at radius 3 is 2.80 bits per heavy atom. The third-order valence-corrected chi connectivity index (χ3v) is 3.80. The van der Waals surface area contributed by atoms with Crippen molar-refractivity contribution < 1.29 is 14.6 Å². The third-order valence-electron chi connectivity index (χ3n) is 2.87. The van der Waals surface area contributed by atoms with E-state index in [9.17, 15) is 4.79 Å². The van der Waals surface area contributed by atoms with Gasteiger partial charge in [0.2, 0.25) is 0 Å². The van der Waals surface area contributed by atoms with E-state index in [2.05, 4.69) is 4.98 Å². The van der Waals surface area contributed by atoms with Crippen molar-refractivity contribution in [3.8, 4) is 11.4 Å². The smallest absolute Gasteiger partial charge is 0.313 e. The number of hydrogen-bond acceptors (Lipinski definition) is 4. The molecule has 0 aliphatic carbocycles. The lowest BCUT2D eigenvalue weighted by atomic mass is 10.2. The molecular weight excluding hydrogens is 276 g/mol. The van der Waals surface area contributed by atoms with Gasteiger partial charge in [0.25, 0.3) is 0 Å². The number of carboxylic acid groups (broad SMARTS) is 1. The van der Waals surface area contributed by atoms with Crippen molar-refractivity contribution in [2.75, 3.05) is 12.9 Å². The minimum absolute atomic E-state index is 0.00834. The SMILES string of the molecule is COc1ccc(-n2c(C)cnc2SCC(=O)O)cc1C. The van der Waals surface area contributed by atoms with Gasteiger partial charge in [0, 0.05) is 17.6 Å². The summed E-state index contributed by atoms with van der Waals surface area (Å²) in [6.45, 7) is 3.91. The molecule has 2 rings (SSSR count). The molecular formula is C14H16N2O3S. The average Bonchev–Trinajstić information content (AvgIpc) is 2.77. The van der Waals surface area contributed by atoms with Gasteiger partial charge in [0.05, 0.1) is 12.9 Å². The Hall–Kier alpha value is -1.95. The highest BCUT2D eigenvalue weighted by molar-refractivity contribution is 7.99. The molecule has 1 heterocycles. The molecule has 0 spiro atoms. The van der Waals surface area contributed by atoms with Gasteiger partial charge in [-0.3, -0.25) is 9.36 Å². The number of nitrogens with zero attached hydrogens (tertiary/aromatic N) is 2. The Labute approximate surface area is 121 Å². The molecule has 0 aliphatic heterocycles. The largest absolute Gasteiger partial charge is 0.496 e. The fourth-order valence-corrected chi connectivity index (χ4v) is 2.72. The number of methoxy groups -OCH3 is 1. The molecule has 0 atom stereocenters. The first-order valence-electron chi connectivity index (χ1n) is 6.07.